The number of anilines is 1. The first kappa shape index (κ1) is 19.8. The van der Waals surface area contributed by atoms with Gasteiger partial charge in [0.2, 0.25) is 0 Å². The van der Waals surface area contributed by atoms with E-state index in [0.717, 1.165) is 16.8 Å². The average Bonchev–Trinajstić information content (AvgIpc) is 2.96. The molecule has 2 fully saturated rings. The van der Waals surface area contributed by atoms with Crippen molar-refractivity contribution in [1.82, 2.24) is 0 Å². The fourth-order valence-electron chi connectivity index (χ4n) is 3.32. The van der Waals surface area contributed by atoms with Crippen molar-refractivity contribution < 1.29 is 27.9 Å². The monoisotopic (exact) mass is 412 g/mol. The number of carbonyl (C=O) groups excluding carboxylic acids is 1. The van der Waals surface area contributed by atoms with E-state index in [-0.39, 0.29) is 22.8 Å². The van der Waals surface area contributed by atoms with E-state index in [1.54, 1.807) is 0 Å². The number of hydrogen-bond acceptors (Lipinski definition) is 6. The molecular formula is C17H20N2O6S2. The number of aryl methyl sites for hydroxylation is 2. The predicted molar refractivity (Wildman–Crippen MR) is 103 cm³/mol. The second-order valence-corrected chi connectivity index (χ2v) is 10.1. The van der Waals surface area contributed by atoms with Crippen molar-refractivity contribution in [3.8, 4) is 0 Å². The summed E-state index contributed by atoms with van der Waals surface area (Å²) in [6.07, 6.45) is 0. The Kier molecular flexibility index (Phi) is 5.59. The van der Waals surface area contributed by atoms with Crippen molar-refractivity contribution in [2.75, 3.05) is 29.6 Å². The number of amides is 1. The summed E-state index contributed by atoms with van der Waals surface area (Å²) in [7, 11) is -3.13. The van der Waals surface area contributed by atoms with Gasteiger partial charge in [0.15, 0.2) is 15.0 Å². The van der Waals surface area contributed by atoms with Crippen molar-refractivity contribution in [1.29, 1.82) is 0 Å². The van der Waals surface area contributed by atoms with Gasteiger partial charge in [0, 0.05) is 10.9 Å². The number of carboxylic acids is 1. The third-order valence-corrected chi connectivity index (χ3v) is 7.43. The summed E-state index contributed by atoms with van der Waals surface area (Å²) in [4.78, 5) is 28.4. The molecule has 0 unspecified atom stereocenters. The van der Waals surface area contributed by atoms with E-state index < -0.39 is 34.9 Å². The highest BCUT2D eigenvalue weighted by molar-refractivity contribution is 8.16. The van der Waals surface area contributed by atoms with E-state index in [1.807, 2.05) is 36.9 Å². The number of hydrogen-bond donors (Lipinski definition) is 1. The highest BCUT2D eigenvalue weighted by Gasteiger charge is 2.49. The average molecular weight is 412 g/mol. The summed E-state index contributed by atoms with van der Waals surface area (Å²) < 4.78 is 28.9. The van der Waals surface area contributed by atoms with Gasteiger partial charge in [0.25, 0.3) is 5.91 Å². The zero-order valence-corrected chi connectivity index (χ0v) is 16.5. The van der Waals surface area contributed by atoms with Gasteiger partial charge in [-0.15, -0.1) is 0 Å². The van der Waals surface area contributed by atoms with Crippen LogP contribution in [0.2, 0.25) is 0 Å². The SMILES string of the molecule is Cc1cc(C)cc(N2C(=NC(=O)COCC(=O)O)S[C@H]3CS(=O)(=O)C[C@@H]32)c1. The number of amidine groups is 1. The van der Waals surface area contributed by atoms with Gasteiger partial charge in [0.05, 0.1) is 17.5 Å². The molecule has 3 rings (SSSR count). The maximum atomic E-state index is 12.1. The van der Waals surface area contributed by atoms with Gasteiger partial charge in [-0.25, -0.2) is 13.2 Å². The zero-order valence-electron chi connectivity index (χ0n) is 14.9. The lowest BCUT2D eigenvalue weighted by Crippen LogP contribution is -2.38. The highest BCUT2D eigenvalue weighted by atomic mass is 32.2. The molecule has 0 aromatic heterocycles. The van der Waals surface area contributed by atoms with Gasteiger partial charge < -0.3 is 14.7 Å². The van der Waals surface area contributed by atoms with Gasteiger partial charge >= 0.3 is 5.97 Å². The minimum absolute atomic E-state index is 0.0143. The summed E-state index contributed by atoms with van der Waals surface area (Å²) in [5.41, 5.74) is 2.84. The van der Waals surface area contributed by atoms with Crippen LogP contribution < -0.4 is 4.90 Å². The van der Waals surface area contributed by atoms with E-state index >= 15 is 0 Å². The molecule has 2 atom stereocenters. The van der Waals surface area contributed by atoms with Crippen LogP contribution in [0.3, 0.4) is 0 Å². The first-order valence-corrected chi connectivity index (χ1v) is 11.0. The maximum Gasteiger partial charge on any atom is 0.329 e. The minimum atomic E-state index is -3.13. The smallest absolute Gasteiger partial charge is 0.329 e. The van der Waals surface area contributed by atoms with Crippen LogP contribution in [-0.2, 0) is 24.2 Å². The van der Waals surface area contributed by atoms with Crippen LogP contribution in [0.15, 0.2) is 23.2 Å². The molecule has 0 aliphatic carbocycles. The van der Waals surface area contributed by atoms with Crippen LogP contribution in [0.1, 0.15) is 11.1 Å². The number of aliphatic carboxylic acids is 1. The highest BCUT2D eigenvalue weighted by Crippen LogP contribution is 2.41. The summed E-state index contributed by atoms with van der Waals surface area (Å²) in [6.45, 7) is 2.88. The molecule has 10 heteroatoms. The molecule has 1 aromatic rings. The number of sulfone groups is 1. The summed E-state index contributed by atoms with van der Waals surface area (Å²) >= 11 is 1.27. The van der Waals surface area contributed by atoms with E-state index in [2.05, 4.69) is 4.99 Å². The molecule has 0 bridgehead atoms. The number of aliphatic imine (C=N–C) groups is 1. The number of fused-ring (bicyclic) bond motifs is 1. The zero-order chi connectivity index (χ0) is 19.8. The molecule has 1 N–H and O–H groups in total. The lowest BCUT2D eigenvalue weighted by molar-refractivity contribution is -0.143. The van der Waals surface area contributed by atoms with E-state index in [9.17, 15) is 18.0 Å². The molecule has 2 heterocycles. The maximum absolute atomic E-state index is 12.1. The standard InChI is InChI=1S/C17H20N2O6S2/c1-10-3-11(2)5-12(4-10)19-13-8-27(23,24)9-14(13)26-17(19)18-15(20)6-25-7-16(21)22/h3-5,13-14H,6-9H2,1-2H3,(H,21,22)/t13-,14-/m0/s1. The normalized spacial score (nSPS) is 25.0. The van der Waals surface area contributed by atoms with Crippen molar-refractivity contribution >= 4 is 44.3 Å². The topological polar surface area (TPSA) is 113 Å². The summed E-state index contributed by atoms with van der Waals surface area (Å²) in [5.74, 6) is -1.70. The summed E-state index contributed by atoms with van der Waals surface area (Å²) in [6, 6.07) is 5.59. The molecule has 2 aliphatic rings. The van der Waals surface area contributed by atoms with Gasteiger partial charge in [0.1, 0.15) is 13.2 Å². The Morgan fingerprint density at radius 3 is 2.52 bits per heavy atom. The van der Waals surface area contributed by atoms with Crippen LogP contribution in [-0.4, -0.2) is 66.6 Å². The Morgan fingerprint density at radius 1 is 1.22 bits per heavy atom. The predicted octanol–water partition coefficient (Wildman–Crippen LogP) is 1.01. The molecule has 0 radical (unpaired) electrons. The lowest BCUT2D eigenvalue weighted by atomic mass is 10.1. The molecule has 0 saturated carbocycles. The Balaban J connectivity index is 1.89. The Labute approximate surface area is 161 Å². The molecule has 27 heavy (non-hydrogen) atoms. The molecule has 2 saturated heterocycles. The molecule has 0 spiro atoms. The Hall–Kier alpha value is -1.91. The van der Waals surface area contributed by atoms with E-state index in [4.69, 9.17) is 9.84 Å². The Bertz CT molecular complexity index is 892. The van der Waals surface area contributed by atoms with Crippen LogP contribution in [0.5, 0.6) is 0 Å². The van der Waals surface area contributed by atoms with Crippen molar-refractivity contribution in [2.45, 2.75) is 25.1 Å². The molecular weight excluding hydrogens is 392 g/mol. The Morgan fingerprint density at radius 2 is 1.89 bits per heavy atom. The molecule has 1 amide bonds. The first-order valence-electron chi connectivity index (χ1n) is 8.30. The van der Waals surface area contributed by atoms with Crippen molar-refractivity contribution in [2.24, 2.45) is 4.99 Å². The molecule has 146 valence electrons. The van der Waals surface area contributed by atoms with Crippen LogP contribution >= 0.6 is 11.8 Å². The van der Waals surface area contributed by atoms with Crippen LogP contribution in [0.4, 0.5) is 5.69 Å². The van der Waals surface area contributed by atoms with E-state index in [0.29, 0.717) is 5.17 Å². The summed E-state index contributed by atoms with van der Waals surface area (Å²) in [5, 5.41) is 8.80. The third-order valence-electron chi connectivity index (χ3n) is 4.22. The van der Waals surface area contributed by atoms with Gasteiger partial charge in [-0.3, -0.25) is 4.79 Å². The second-order valence-electron chi connectivity index (χ2n) is 6.69. The molecule has 1 aromatic carbocycles. The quantitative estimate of drug-likeness (QED) is 0.762. The molecule has 8 nitrogen and oxygen atoms in total. The number of benzene rings is 1. The van der Waals surface area contributed by atoms with Crippen LogP contribution in [0.25, 0.3) is 0 Å². The fourth-order valence-corrected chi connectivity index (χ4v) is 7.25. The second kappa shape index (κ2) is 7.61. The van der Waals surface area contributed by atoms with Crippen molar-refractivity contribution in [3.63, 3.8) is 0 Å². The number of carbonyl (C=O) groups is 2. The van der Waals surface area contributed by atoms with Gasteiger partial charge in [-0.05, 0) is 37.1 Å². The number of ether oxygens (including phenoxy) is 1. The first-order chi connectivity index (χ1) is 12.6. The number of carboxylic acid groups (broad SMARTS) is 1. The number of rotatable bonds is 5. The van der Waals surface area contributed by atoms with Crippen LogP contribution in [0, 0.1) is 13.8 Å². The number of nitrogens with zero attached hydrogens (tertiary/aromatic N) is 2. The third kappa shape index (κ3) is 4.69. The van der Waals surface area contributed by atoms with Gasteiger partial charge in [-0.1, -0.05) is 17.8 Å². The van der Waals surface area contributed by atoms with E-state index in [1.165, 1.54) is 11.8 Å². The van der Waals surface area contributed by atoms with Crippen molar-refractivity contribution in [3.05, 3.63) is 29.3 Å². The fraction of sp³-hybridized carbons (Fsp3) is 0.471. The molecule has 2 aliphatic heterocycles. The minimum Gasteiger partial charge on any atom is -0.480 e. The lowest BCUT2D eigenvalue weighted by Gasteiger charge is -2.25. The largest absolute Gasteiger partial charge is 0.480 e. The number of thioether (sulfide) groups is 1. The van der Waals surface area contributed by atoms with Gasteiger partial charge in [-0.2, -0.15) is 4.99 Å².